The molecule has 3 rings (SSSR count). The highest BCUT2D eigenvalue weighted by Gasteiger charge is 2.28. The molecule has 1 aromatic rings. The van der Waals surface area contributed by atoms with Crippen LogP contribution in [0.3, 0.4) is 0 Å². The van der Waals surface area contributed by atoms with Crippen molar-refractivity contribution in [3.63, 3.8) is 0 Å². The lowest BCUT2D eigenvalue weighted by Gasteiger charge is -2.43. The third-order valence-corrected chi connectivity index (χ3v) is 3.77. The smallest absolute Gasteiger partial charge is 0.108 e. The molecular formula is C13H17N3O2. The summed E-state index contributed by atoms with van der Waals surface area (Å²) in [6, 6.07) is 8.12. The molecule has 0 atom stereocenters. The number of ether oxygens (including phenoxy) is 1. The monoisotopic (exact) mass is 247 g/mol. The standard InChI is InChI=1S/C13H17N3O2/c17-14-11-1-3-12(4-2-11)15-5-7-16(8-6-15)13-9-18-10-13/h1-4,13H,5-10H2. The molecule has 2 fully saturated rings. The van der Waals surface area contributed by atoms with Gasteiger partial charge in [-0.1, -0.05) is 0 Å². The molecule has 0 unspecified atom stereocenters. The van der Waals surface area contributed by atoms with Crippen LogP contribution < -0.4 is 4.90 Å². The van der Waals surface area contributed by atoms with Gasteiger partial charge in [0, 0.05) is 31.9 Å². The van der Waals surface area contributed by atoms with Gasteiger partial charge in [-0.15, -0.1) is 4.91 Å². The van der Waals surface area contributed by atoms with Gasteiger partial charge >= 0.3 is 0 Å². The van der Waals surface area contributed by atoms with Gasteiger partial charge < -0.3 is 9.64 Å². The summed E-state index contributed by atoms with van der Waals surface area (Å²) in [4.78, 5) is 15.2. The number of nitrogens with zero attached hydrogens (tertiary/aromatic N) is 3. The minimum atomic E-state index is 0.490. The molecule has 0 radical (unpaired) electrons. The molecule has 0 bridgehead atoms. The molecule has 0 N–H and O–H groups in total. The number of hydrogen-bond donors (Lipinski definition) is 0. The molecule has 1 aromatic carbocycles. The Bertz CT molecular complexity index is 409. The lowest BCUT2D eigenvalue weighted by Crippen LogP contribution is -2.56. The van der Waals surface area contributed by atoms with Crippen LogP contribution in [0.25, 0.3) is 0 Å². The van der Waals surface area contributed by atoms with Crippen molar-refractivity contribution < 1.29 is 4.74 Å². The zero-order valence-corrected chi connectivity index (χ0v) is 10.3. The molecule has 2 saturated heterocycles. The molecule has 5 nitrogen and oxygen atoms in total. The second-order valence-corrected chi connectivity index (χ2v) is 4.82. The summed E-state index contributed by atoms with van der Waals surface area (Å²) in [5, 5.41) is 2.92. The minimum Gasteiger partial charge on any atom is -0.378 e. The van der Waals surface area contributed by atoms with Crippen LogP contribution >= 0.6 is 0 Å². The van der Waals surface area contributed by atoms with Crippen molar-refractivity contribution in [2.75, 3.05) is 44.3 Å². The van der Waals surface area contributed by atoms with Crippen LogP contribution in [-0.2, 0) is 4.74 Å². The fourth-order valence-electron chi connectivity index (χ4n) is 2.50. The van der Waals surface area contributed by atoms with Crippen LogP contribution in [0.1, 0.15) is 0 Å². The molecule has 0 aromatic heterocycles. The molecule has 2 heterocycles. The highest BCUT2D eigenvalue weighted by molar-refractivity contribution is 5.53. The van der Waals surface area contributed by atoms with Crippen molar-refractivity contribution in [2.45, 2.75) is 6.04 Å². The first-order chi connectivity index (χ1) is 8.86. The zero-order chi connectivity index (χ0) is 12.4. The number of benzene rings is 1. The Balaban J connectivity index is 1.59. The van der Waals surface area contributed by atoms with E-state index < -0.39 is 0 Å². The Morgan fingerprint density at radius 3 is 2.22 bits per heavy atom. The van der Waals surface area contributed by atoms with E-state index in [1.807, 2.05) is 12.1 Å². The molecule has 2 aliphatic rings. The summed E-state index contributed by atoms with van der Waals surface area (Å²) >= 11 is 0. The van der Waals surface area contributed by atoms with Crippen molar-refractivity contribution in [3.05, 3.63) is 29.2 Å². The molecule has 96 valence electrons. The van der Waals surface area contributed by atoms with Crippen LogP contribution in [-0.4, -0.2) is 50.3 Å². The van der Waals surface area contributed by atoms with E-state index in [0.29, 0.717) is 11.7 Å². The number of hydrogen-bond acceptors (Lipinski definition) is 5. The fourth-order valence-corrected chi connectivity index (χ4v) is 2.50. The molecule has 0 spiro atoms. The second-order valence-electron chi connectivity index (χ2n) is 4.82. The summed E-state index contributed by atoms with van der Waals surface area (Å²) in [7, 11) is 0. The van der Waals surface area contributed by atoms with Crippen molar-refractivity contribution in [1.82, 2.24) is 4.90 Å². The van der Waals surface area contributed by atoms with Crippen molar-refractivity contribution in [1.29, 1.82) is 0 Å². The van der Waals surface area contributed by atoms with Gasteiger partial charge in [0.05, 0.1) is 19.3 Å². The SMILES string of the molecule is O=Nc1ccc(N2CCN(C3COC3)CC2)cc1. The Morgan fingerprint density at radius 1 is 1.06 bits per heavy atom. The molecular weight excluding hydrogens is 230 g/mol. The van der Waals surface area contributed by atoms with E-state index in [1.165, 1.54) is 5.69 Å². The van der Waals surface area contributed by atoms with Crippen LogP contribution in [0.4, 0.5) is 11.4 Å². The normalized spacial score (nSPS) is 21.7. The molecule has 0 saturated carbocycles. The van der Waals surface area contributed by atoms with E-state index in [0.717, 1.165) is 39.4 Å². The van der Waals surface area contributed by atoms with Crippen LogP contribution in [0.2, 0.25) is 0 Å². The Hall–Kier alpha value is -1.46. The van der Waals surface area contributed by atoms with Gasteiger partial charge in [0.1, 0.15) is 5.69 Å². The number of anilines is 1. The molecule has 0 amide bonds. The Morgan fingerprint density at radius 2 is 1.72 bits per heavy atom. The summed E-state index contributed by atoms with van der Waals surface area (Å²) in [6.07, 6.45) is 0. The van der Waals surface area contributed by atoms with Gasteiger partial charge in [-0.3, -0.25) is 4.90 Å². The maximum absolute atomic E-state index is 10.4. The first-order valence-corrected chi connectivity index (χ1v) is 6.37. The van der Waals surface area contributed by atoms with Crippen molar-refractivity contribution in [3.8, 4) is 0 Å². The van der Waals surface area contributed by atoms with Crippen LogP contribution in [0.5, 0.6) is 0 Å². The first kappa shape index (κ1) is 11.6. The van der Waals surface area contributed by atoms with E-state index in [-0.39, 0.29) is 0 Å². The van der Waals surface area contributed by atoms with Crippen LogP contribution in [0.15, 0.2) is 29.4 Å². The van der Waals surface area contributed by atoms with Gasteiger partial charge in [0.15, 0.2) is 0 Å². The zero-order valence-electron chi connectivity index (χ0n) is 10.3. The van der Waals surface area contributed by atoms with Crippen LogP contribution in [0, 0.1) is 4.91 Å². The molecule has 2 aliphatic heterocycles. The van der Waals surface area contributed by atoms with E-state index in [2.05, 4.69) is 15.0 Å². The quantitative estimate of drug-likeness (QED) is 0.761. The summed E-state index contributed by atoms with van der Waals surface area (Å²) in [6.45, 7) is 6.01. The average molecular weight is 247 g/mol. The lowest BCUT2D eigenvalue weighted by atomic mass is 10.1. The highest BCUT2D eigenvalue weighted by Crippen LogP contribution is 2.22. The van der Waals surface area contributed by atoms with Gasteiger partial charge in [0.25, 0.3) is 0 Å². The van der Waals surface area contributed by atoms with Gasteiger partial charge in [-0.05, 0) is 29.4 Å². The summed E-state index contributed by atoms with van der Waals surface area (Å²) < 4.78 is 5.23. The summed E-state index contributed by atoms with van der Waals surface area (Å²) in [5.74, 6) is 0. The van der Waals surface area contributed by atoms with E-state index in [4.69, 9.17) is 4.74 Å². The van der Waals surface area contributed by atoms with Gasteiger partial charge in [0.2, 0.25) is 0 Å². The Labute approximate surface area is 106 Å². The molecule has 5 heteroatoms. The van der Waals surface area contributed by atoms with Crippen molar-refractivity contribution in [2.24, 2.45) is 5.18 Å². The second kappa shape index (κ2) is 5.04. The van der Waals surface area contributed by atoms with E-state index >= 15 is 0 Å². The fraction of sp³-hybridized carbons (Fsp3) is 0.538. The maximum atomic E-state index is 10.4. The van der Waals surface area contributed by atoms with Crippen molar-refractivity contribution >= 4 is 11.4 Å². The Kier molecular flexibility index (Phi) is 3.25. The number of nitroso groups, excluding NO2 is 1. The van der Waals surface area contributed by atoms with Gasteiger partial charge in [-0.25, -0.2) is 0 Å². The van der Waals surface area contributed by atoms with Gasteiger partial charge in [-0.2, -0.15) is 0 Å². The predicted molar refractivity (Wildman–Crippen MR) is 70.3 cm³/mol. The third-order valence-electron chi connectivity index (χ3n) is 3.77. The first-order valence-electron chi connectivity index (χ1n) is 6.37. The number of rotatable bonds is 3. The number of piperazine rings is 1. The lowest BCUT2D eigenvalue weighted by molar-refractivity contribution is -0.0660. The van der Waals surface area contributed by atoms with E-state index in [9.17, 15) is 4.91 Å². The predicted octanol–water partition coefficient (Wildman–Crippen LogP) is 1.61. The third kappa shape index (κ3) is 2.23. The minimum absolute atomic E-state index is 0.490. The largest absolute Gasteiger partial charge is 0.378 e. The molecule has 18 heavy (non-hydrogen) atoms. The van der Waals surface area contributed by atoms with E-state index in [1.54, 1.807) is 12.1 Å². The average Bonchev–Trinajstić information content (AvgIpc) is 2.38. The summed E-state index contributed by atoms with van der Waals surface area (Å²) in [5.41, 5.74) is 1.66. The molecule has 0 aliphatic carbocycles. The topological polar surface area (TPSA) is 45.1 Å². The maximum Gasteiger partial charge on any atom is 0.108 e. The highest BCUT2D eigenvalue weighted by atomic mass is 16.5.